The molecule has 0 spiro atoms. The molecule has 3 nitrogen and oxygen atoms in total. The fraction of sp³-hybridized carbons (Fsp3) is 1.00. The van der Waals surface area contributed by atoms with Crippen LogP contribution in [0.2, 0.25) is 0 Å². The summed E-state index contributed by atoms with van der Waals surface area (Å²) in [4.78, 5) is 0. The van der Waals surface area contributed by atoms with Gasteiger partial charge < -0.3 is 5.11 Å². The summed E-state index contributed by atoms with van der Waals surface area (Å²) < 4.78 is 59.3. The van der Waals surface area contributed by atoms with Gasteiger partial charge in [-0.15, -0.1) is 0 Å². The van der Waals surface area contributed by atoms with Crippen LogP contribution in [0.25, 0.3) is 0 Å². The third kappa shape index (κ3) is 6.12. The molecule has 1 fully saturated rings. The number of aliphatic hydroxyl groups is 1. The first-order chi connectivity index (χ1) is 8.59. The van der Waals surface area contributed by atoms with Gasteiger partial charge in [0, 0.05) is 12.0 Å². The quantitative estimate of drug-likeness (QED) is 0.849. The SMILES string of the molecule is CS(=O)(=O)CCCC(O)C1CCC(C(F)(F)F)CC1. The van der Waals surface area contributed by atoms with Crippen molar-refractivity contribution < 1.29 is 26.7 Å². The van der Waals surface area contributed by atoms with Crippen LogP contribution in [-0.4, -0.2) is 37.8 Å². The van der Waals surface area contributed by atoms with Crippen molar-refractivity contribution in [1.82, 2.24) is 0 Å². The molecule has 1 rings (SSSR count). The first-order valence-corrected chi connectivity index (χ1v) is 8.58. The number of sulfone groups is 1. The molecular weight excluding hydrogens is 281 g/mol. The second-order valence-corrected chi connectivity index (χ2v) is 7.75. The van der Waals surface area contributed by atoms with Crippen molar-refractivity contribution >= 4 is 9.84 Å². The fourth-order valence-electron chi connectivity index (χ4n) is 2.62. The number of halogens is 3. The number of rotatable bonds is 5. The third-order valence-electron chi connectivity index (χ3n) is 3.79. The maximum atomic E-state index is 12.5. The largest absolute Gasteiger partial charge is 0.393 e. The highest BCUT2D eigenvalue weighted by molar-refractivity contribution is 7.90. The van der Waals surface area contributed by atoms with Gasteiger partial charge in [-0.05, 0) is 44.4 Å². The molecule has 114 valence electrons. The summed E-state index contributed by atoms with van der Waals surface area (Å²) in [7, 11) is -3.04. The van der Waals surface area contributed by atoms with Crippen LogP contribution < -0.4 is 0 Å². The standard InChI is InChI=1S/C12H21F3O3S/c1-19(17,18)8-2-3-11(16)9-4-6-10(7-5-9)12(13,14)15/h9-11,16H,2-8H2,1H3. The first-order valence-electron chi connectivity index (χ1n) is 6.52. The number of hydrogen-bond acceptors (Lipinski definition) is 3. The Labute approximate surface area is 112 Å². The average Bonchev–Trinajstić information content (AvgIpc) is 2.26. The van der Waals surface area contributed by atoms with E-state index in [0.717, 1.165) is 6.26 Å². The molecule has 0 aromatic carbocycles. The topological polar surface area (TPSA) is 54.4 Å². The van der Waals surface area contributed by atoms with E-state index in [1.54, 1.807) is 0 Å². The predicted molar refractivity (Wildman–Crippen MR) is 66.5 cm³/mol. The van der Waals surface area contributed by atoms with Gasteiger partial charge in [0.1, 0.15) is 9.84 Å². The molecule has 0 aliphatic heterocycles. The molecule has 0 radical (unpaired) electrons. The van der Waals surface area contributed by atoms with E-state index in [9.17, 15) is 26.7 Å². The highest BCUT2D eigenvalue weighted by Crippen LogP contribution is 2.40. The van der Waals surface area contributed by atoms with E-state index in [1.807, 2.05) is 0 Å². The molecule has 0 bridgehead atoms. The monoisotopic (exact) mass is 302 g/mol. The van der Waals surface area contributed by atoms with Crippen molar-refractivity contribution in [2.75, 3.05) is 12.0 Å². The zero-order valence-electron chi connectivity index (χ0n) is 11.0. The Hall–Kier alpha value is -0.300. The average molecular weight is 302 g/mol. The molecule has 1 aliphatic rings. The van der Waals surface area contributed by atoms with Crippen LogP contribution in [0.3, 0.4) is 0 Å². The van der Waals surface area contributed by atoms with Crippen molar-refractivity contribution in [3.8, 4) is 0 Å². The van der Waals surface area contributed by atoms with Crippen molar-refractivity contribution in [2.45, 2.75) is 50.8 Å². The maximum Gasteiger partial charge on any atom is 0.391 e. The Morgan fingerprint density at radius 3 is 2.16 bits per heavy atom. The summed E-state index contributed by atoms with van der Waals surface area (Å²) in [6.07, 6.45) is -2.12. The Bertz CT molecular complexity index is 370. The second kappa shape index (κ2) is 6.43. The minimum atomic E-state index is -4.13. The van der Waals surface area contributed by atoms with Crippen molar-refractivity contribution in [3.05, 3.63) is 0 Å². The Kier molecular flexibility index (Phi) is 5.67. The number of alkyl halides is 3. The molecule has 0 saturated heterocycles. The van der Waals surface area contributed by atoms with Gasteiger partial charge in [0.15, 0.2) is 0 Å². The number of hydrogen-bond donors (Lipinski definition) is 1. The Balaban J connectivity index is 2.31. The summed E-state index contributed by atoms with van der Waals surface area (Å²) in [5.41, 5.74) is 0. The summed E-state index contributed by atoms with van der Waals surface area (Å²) in [5, 5.41) is 9.88. The van der Waals surface area contributed by atoms with Crippen molar-refractivity contribution in [2.24, 2.45) is 11.8 Å². The minimum Gasteiger partial charge on any atom is -0.393 e. The van der Waals surface area contributed by atoms with E-state index in [2.05, 4.69) is 0 Å². The highest BCUT2D eigenvalue weighted by atomic mass is 32.2. The highest BCUT2D eigenvalue weighted by Gasteiger charge is 2.42. The molecule has 7 heteroatoms. The lowest BCUT2D eigenvalue weighted by Crippen LogP contribution is -2.32. The lowest BCUT2D eigenvalue weighted by Gasteiger charge is -2.32. The van der Waals surface area contributed by atoms with Crippen LogP contribution in [-0.2, 0) is 9.84 Å². The van der Waals surface area contributed by atoms with Crippen LogP contribution in [0.15, 0.2) is 0 Å². The van der Waals surface area contributed by atoms with E-state index in [-0.39, 0.29) is 24.5 Å². The van der Waals surface area contributed by atoms with E-state index in [4.69, 9.17) is 0 Å². The maximum absolute atomic E-state index is 12.5. The molecule has 1 unspecified atom stereocenters. The van der Waals surface area contributed by atoms with Crippen LogP contribution in [0.5, 0.6) is 0 Å². The van der Waals surface area contributed by atoms with Crippen LogP contribution in [0.4, 0.5) is 13.2 Å². The van der Waals surface area contributed by atoms with Crippen LogP contribution >= 0.6 is 0 Å². The lowest BCUT2D eigenvalue weighted by molar-refractivity contribution is -0.185. The second-order valence-electron chi connectivity index (χ2n) is 5.49. The van der Waals surface area contributed by atoms with Gasteiger partial charge in [-0.25, -0.2) is 8.42 Å². The van der Waals surface area contributed by atoms with Gasteiger partial charge in [-0.2, -0.15) is 13.2 Å². The minimum absolute atomic E-state index is 0.0158. The summed E-state index contributed by atoms with van der Waals surface area (Å²) in [5.74, 6) is -1.35. The van der Waals surface area contributed by atoms with E-state index in [1.165, 1.54) is 0 Å². The van der Waals surface area contributed by atoms with Crippen LogP contribution in [0, 0.1) is 11.8 Å². The summed E-state index contributed by atoms with van der Waals surface area (Å²) >= 11 is 0. The van der Waals surface area contributed by atoms with Gasteiger partial charge in [0.2, 0.25) is 0 Å². The molecule has 0 heterocycles. The van der Waals surface area contributed by atoms with E-state index in [0.29, 0.717) is 25.7 Å². The molecule has 1 saturated carbocycles. The zero-order chi connectivity index (χ0) is 14.7. The van der Waals surface area contributed by atoms with E-state index >= 15 is 0 Å². The first kappa shape index (κ1) is 16.8. The van der Waals surface area contributed by atoms with E-state index < -0.39 is 28.0 Å². The normalized spacial score (nSPS) is 27.2. The summed E-state index contributed by atoms with van der Waals surface area (Å²) in [6.45, 7) is 0. The lowest BCUT2D eigenvalue weighted by atomic mass is 9.78. The molecule has 0 amide bonds. The molecule has 1 atom stereocenters. The fourth-order valence-corrected chi connectivity index (χ4v) is 3.31. The molecule has 19 heavy (non-hydrogen) atoms. The Morgan fingerprint density at radius 1 is 1.21 bits per heavy atom. The molecule has 0 aromatic rings. The summed E-state index contributed by atoms with van der Waals surface area (Å²) in [6, 6.07) is 0. The molecule has 1 aliphatic carbocycles. The molecular formula is C12H21F3O3S. The van der Waals surface area contributed by atoms with Gasteiger partial charge in [-0.1, -0.05) is 0 Å². The zero-order valence-corrected chi connectivity index (χ0v) is 11.8. The van der Waals surface area contributed by atoms with Gasteiger partial charge in [0.25, 0.3) is 0 Å². The molecule has 1 N–H and O–H groups in total. The Morgan fingerprint density at radius 2 is 1.74 bits per heavy atom. The predicted octanol–water partition coefficient (Wildman–Crippen LogP) is 2.54. The van der Waals surface area contributed by atoms with Crippen LogP contribution in [0.1, 0.15) is 38.5 Å². The van der Waals surface area contributed by atoms with Gasteiger partial charge in [-0.3, -0.25) is 0 Å². The molecule has 0 aromatic heterocycles. The van der Waals surface area contributed by atoms with Crippen molar-refractivity contribution in [1.29, 1.82) is 0 Å². The smallest absolute Gasteiger partial charge is 0.391 e. The van der Waals surface area contributed by atoms with Crippen molar-refractivity contribution in [3.63, 3.8) is 0 Å². The van der Waals surface area contributed by atoms with Gasteiger partial charge >= 0.3 is 6.18 Å². The third-order valence-corrected chi connectivity index (χ3v) is 4.82. The van der Waals surface area contributed by atoms with Gasteiger partial charge in [0.05, 0.1) is 12.0 Å². The number of aliphatic hydroxyl groups excluding tert-OH is 1.